The molecule has 0 amide bonds. The second-order valence-corrected chi connectivity index (χ2v) is 9.25. The Balaban J connectivity index is 1.46. The highest BCUT2D eigenvalue weighted by atomic mass is 32.1. The topological polar surface area (TPSA) is 118 Å². The van der Waals surface area contributed by atoms with Crippen molar-refractivity contribution in [2.75, 3.05) is 18.0 Å². The van der Waals surface area contributed by atoms with E-state index in [0.717, 1.165) is 11.4 Å². The molecule has 1 aliphatic heterocycles. The number of rotatable bonds is 6. The maximum absolute atomic E-state index is 12.9. The Bertz CT molecular complexity index is 1490. The summed E-state index contributed by atoms with van der Waals surface area (Å²) in [5, 5.41) is 12.1. The molecule has 172 valence electrons. The number of hydrogen-bond acceptors (Lipinski definition) is 8. The van der Waals surface area contributed by atoms with Crippen molar-refractivity contribution < 1.29 is 14.7 Å². The second kappa shape index (κ2) is 8.45. The van der Waals surface area contributed by atoms with Gasteiger partial charge in [-0.3, -0.25) is 19.1 Å². The van der Waals surface area contributed by atoms with Crippen LogP contribution in [-0.4, -0.2) is 49.5 Å². The Morgan fingerprint density at radius 1 is 1.21 bits per heavy atom. The first kappa shape index (κ1) is 21.9. The second-order valence-electron chi connectivity index (χ2n) is 8.37. The Hall–Kier alpha value is -3.92. The van der Waals surface area contributed by atoms with Crippen molar-refractivity contribution in [1.82, 2.24) is 19.5 Å². The van der Waals surface area contributed by atoms with Gasteiger partial charge in [0.2, 0.25) is 5.43 Å². The Labute approximate surface area is 198 Å². The third kappa shape index (κ3) is 3.86. The third-order valence-corrected chi connectivity index (χ3v) is 6.73. The minimum absolute atomic E-state index is 0.115. The molecule has 5 heterocycles. The summed E-state index contributed by atoms with van der Waals surface area (Å²) in [5.41, 5.74) is 1.71. The summed E-state index contributed by atoms with van der Waals surface area (Å²) in [6.45, 7) is 4.71. The number of aryl methyl sites for hydroxylation is 2. The molecular weight excluding hydrogens is 454 g/mol. The molecule has 0 spiro atoms. The van der Waals surface area contributed by atoms with Crippen molar-refractivity contribution in [3.8, 4) is 5.13 Å². The molecule has 0 aromatic carbocycles. The van der Waals surface area contributed by atoms with E-state index in [4.69, 9.17) is 4.98 Å². The molecule has 1 N–H and O–H groups in total. The first-order chi connectivity index (χ1) is 16.3. The largest absolute Gasteiger partial charge is 0.477 e. The molecule has 10 heteroatoms. The van der Waals surface area contributed by atoms with E-state index in [0.29, 0.717) is 41.7 Å². The number of aromatic carboxylic acids is 1. The number of anilines is 1. The van der Waals surface area contributed by atoms with Gasteiger partial charge in [-0.05, 0) is 37.6 Å². The molecule has 4 aromatic rings. The molecule has 0 bridgehead atoms. The minimum atomic E-state index is -1.30. The summed E-state index contributed by atoms with van der Waals surface area (Å²) >= 11 is 1.32. The SMILES string of the molecule is Cc1cccc(CC(=O)C2CN(c3cc(C)c4c(=O)c(C(=O)O)cn(-c5nccs5)c4n3)C2)n1. The van der Waals surface area contributed by atoms with Crippen molar-refractivity contribution in [2.45, 2.75) is 20.3 Å². The molecule has 5 rings (SSSR count). The van der Waals surface area contributed by atoms with Gasteiger partial charge in [0.15, 0.2) is 10.8 Å². The Morgan fingerprint density at radius 2 is 2.00 bits per heavy atom. The number of fused-ring (bicyclic) bond motifs is 1. The van der Waals surface area contributed by atoms with Gasteiger partial charge >= 0.3 is 5.97 Å². The zero-order valence-corrected chi connectivity index (χ0v) is 19.4. The van der Waals surface area contributed by atoms with Gasteiger partial charge in [0.25, 0.3) is 0 Å². The lowest BCUT2D eigenvalue weighted by atomic mass is 9.92. The van der Waals surface area contributed by atoms with Crippen molar-refractivity contribution in [2.24, 2.45) is 5.92 Å². The average Bonchev–Trinajstić information content (AvgIpc) is 3.27. The van der Waals surface area contributed by atoms with E-state index >= 15 is 0 Å². The van der Waals surface area contributed by atoms with Gasteiger partial charge in [-0.1, -0.05) is 6.07 Å². The van der Waals surface area contributed by atoms with Crippen LogP contribution in [0.5, 0.6) is 0 Å². The van der Waals surface area contributed by atoms with Crippen molar-refractivity contribution in [3.63, 3.8) is 0 Å². The molecule has 0 saturated carbocycles. The molecule has 0 unspecified atom stereocenters. The molecule has 1 fully saturated rings. The number of nitrogens with zero attached hydrogens (tertiary/aromatic N) is 5. The van der Waals surface area contributed by atoms with Crippen LogP contribution in [0.1, 0.15) is 27.3 Å². The predicted molar refractivity (Wildman–Crippen MR) is 128 cm³/mol. The van der Waals surface area contributed by atoms with E-state index < -0.39 is 11.4 Å². The fraction of sp³-hybridized carbons (Fsp3) is 0.250. The maximum Gasteiger partial charge on any atom is 0.341 e. The van der Waals surface area contributed by atoms with Gasteiger partial charge in [-0.15, -0.1) is 11.3 Å². The summed E-state index contributed by atoms with van der Waals surface area (Å²) in [4.78, 5) is 52.7. The number of carboxylic acids is 1. The van der Waals surface area contributed by atoms with Crippen LogP contribution in [0.25, 0.3) is 16.2 Å². The van der Waals surface area contributed by atoms with Crippen molar-refractivity contribution >= 4 is 39.9 Å². The number of carboxylic acid groups (broad SMARTS) is 1. The van der Waals surface area contributed by atoms with Gasteiger partial charge in [0.1, 0.15) is 17.2 Å². The summed E-state index contributed by atoms with van der Waals surface area (Å²) in [5.74, 6) is -0.642. The molecule has 4 aromatic heterocycles. The predicted octanol–water partition coefficient (Wildman–Crippen LogP) is 2.80. The zero-order valence-electron chi connectivity index (χ0n) is 18.6. The highest BCUT2D eigenvalue weighted by molar-refractivity contribution is 7.12. The van der Waals surface area contributed by atoms with Crippen molar-refractivity contribution in [1.29, 1.82) is 0 Å². The lowest BCUT2D eigenvalue weighted by molar-refractivity contribution is -0.123. The summed E-state index contributed by atoms with van der Waals surface area (Å²) in [6.07, 6.45) is 3.18. The molecule has 0 radical (unpaired) electrons. The fourth-order valence-electron chi connectivity index (χ4n) is 4.16. The van der Waals surface area contributed by atoms with Gasteiger partial charge < -0.3 is 10.0 Å². The number of aromatic nitrogens is 4. The van der Waals surface area contributed by atoms with Crippen molar-refractivity contribution in [3.05, 3.63) is 74.8 Å². The van der Waals surface area contributed by atoms with Crippen LogP contribution in [0.2, 0.25) is 0 Å². The number of carbonyl (C=O) groups is 2. The fourth-order valence-corrected chi connectivity index (χ4v) is 4.78. The van der Waals surface area contributed by atoms with Crippen LogP contribution in [-0.2, 0) is 11.2 Å². The lowest BCUT2D eigenvalue weighted by Gasteiger charge is -2.39. The Morgan fingerprint density at radius 3 is 2.68 bits per heavy atom. The van der Waals surface area contributed by atoms with E-state index in [2.05, 4.69) is 9.97 Å². The van der Waals surface area contributed by atoms with E-state index in [1.54, 1.807) is 29.1 Å². The van der Waals surface area contributed by atoms with E-state index in [-0.39, 0.29) is 22.7 Å². The number of hydrogen-bond donors (Lipinski definition) is 1. The number of thiazole rings is 1. The molecular formula is C24H21N5O4S. The van der Waals surface area contributed by atoms with Gasteiger partial charge in [0.05, 0.1) is 11.3 Å². The normalized spacial score (nSPS) is 13.8. The first-order valence-electron chi connectivity index (χ1n) is 10.7. The summed E-state index contributed by atoms with van der Waals surface area (Å²) in [7, 11) is 0. The number of Topliss-reactive ketones (excluding diaryl/α,β-unsaturated/α-hetero) is 1. The van der Waals surface area contributed by atoms with Crippen LogP contribution < -0.4 is 10.3 Å². The van der Waals surface area contributed by atoms with E-state index in [1.807, 2.05) is 30.0 Å². The summed E-state index contributed by atoms with van der Waals surface area (Å²) < 4.78 is 1.55. The average molecular weight is 476 g/mol. The number of carbonyl (C=O) groups excluding carboxylic acids is 1. The van der Waals surface area contributed by atoms with Crippen LogP contribution in [0.4, 0.5) is 5.82 Å². The number of ketones is 1. The van der Waals surface area contributed by atoms with Gasteiger partial charge in [0, 0.05) is 48.7 Å². The quantitative estimate of drug-likeness (QED) is 0.452. The first-order valence-corrected chi connectivity index (χ1v) is 11.6. The molecule has 34 heavy (non-hydrogen) atoms. The lowest BCUT2D eigenvalue weighted by Crippen LogP contribution is -2.51. The van der Waals surface area contributed by atoms with Crippen LogP contribution >= 0.6 is 11.3 Å². The molecule has 1 saturated heterocycles. The van der Waals surface area contributed by atoms with Gasteiger partial charge in [-0.25, -0.2) is 14.8 Å². The number of pyridine rings is 3. The van der Waals surface area contributed by atoms with E-state index in [1.165, 1.54) is 17.5 Å². The molecule has 0 aliphatic carbocycles. The highest BCUT2D eigenvalue weighted by Crippen LogP contribution is 2.29. The van der Waals surface area contributed by atoms with E-state index in [9.17, 15) is 19.5 Å². The minimum Gasteiger partial charge on any atom is -0.477 e. The monoisotopic (exact) mass is 475 g/mol. The highest BCUT2D eigenvalue weighted by Gasteiger charge is 2.34. The summed E-state index contributed by atoms with van der Waals surface area (Å²) in [6, 6.07) is 7.43. The zero-order chi connectivity index (χ0) is 24.0. The smallest absolute Gasteiger partial charge is 0.341 e. The van der Waals surface area contributed by atoms with Crippen LogP contribution in [0.3, 0.4) is 0 Å². The maximum atomic E-state index is 12.9. The van der Waals surface area contributed by atoms with Crippen LogP contribution in [0, 0.1) is 19.8 Å². The molecule has 1 aliphatic rings. The molecule has 9 nitrogen and oxygen atoms in total. The van der Waals surface area contributed by atoms with Gasteiger partial charge in [-0.2, -0.15) is 0 Å². The standard InChI is InChI=1S/C24H21N5O4S/c1-13-8-19(28-10-15(11-28)18(30)9-16-5-3-4-14(2)26-16)27-22-20(13)21(31)17(23(32)33)12-29(22)24-25-6-7-34-24/h3-8,12,15H,9-11H2,1-2H3,(H,32,33). The van der Waals surface area contributed by atoms with Crippen LogP contribution in [0.15, 0.2) is 46.8 Å². The molecule has 0 atom stereocenters. The Kier molecular flexibility index (Phi) is 5.45. The third-order valence-electron chi connectivity index (χ3n) is 5.96.